The molecule has 3 fully saturated rings. The van der Waals surface area contributed by atoms with Gasteiger partial charge in [-0.2, -0.15) is 18.3 Å². The third-order valence-corrected chi connectivity index (χ3v) is 10.1. The van der Waals surface area contributed by atoms with Crippen molar-refractivity contribution in [2.75, 3.05) is 13.7 Å². The number of aromatic nitrogens is 2. The zero-order valence-electron chi connectivity index (χ0n) is 23.8. The van der Waals surface area contributed by atoms with E-state index >= 15 is 0 Å². The van der Waals surface area contributed by atoms with Crippen LogP contribution >= 0.6 is 0 Å². The molecule has 3 aliphatic carbocycles. The highest BCUT2D eigenvalue weighted by Gasteiger charge is 2.63. The Kier molecular flexibility index (Phi) is 7.41. The summed E-state index contributed by atoms with van der Waals surface area (Å²) in [6.07, 6.45) is -2.88. The molecule has 0 aliphatic heterocycles. The van der Waals surface area contributed by atoms with Gasteiger partial charge < -0.3 is 19.8 Å². The van der Waals surface area contributed by atoms with Gasteiger partial charge in [-0.3, -0.25) is 14.3 Å². The van der Waals surface area contributed by atoms with Gasteiger partial charge >= 0.3 is 12.1 Å². The normalized spacial score (nSPS) is 29.5. The fourth-order valence-electron chi connectivity index (χ4n) is 7.29. The van der Waals surface area contributed by atoms with Gasteiger partial charge in [-0.1, -0.05) is 32.0 Å². The van der Waals surface area contributed by atoms with E-state index in [0.29, 0.717) is 36.0 Å². The molecule has 2 aromatic rings. The van der Waals surface area contributed by atoms with Crippen LogP contribution in [0.5, 0.6) is 5.75 Å². The molecule has 1 heterocycles. The fourth-order valence-corrected chi connectivity index (χ4v) is 7.29. The maximum absolute atomic E-state index is 14.6. The van der Waals surface area contributed by atoms with Crippen molar-refractivity contribution in [3.05, 3.63) is 47.3 Å². The van der Waals surface area contributed by atoms with Gasteiger partial charge in [0.15, 0.2) is 5.69 Å². The number of methoxy groups -OCH3 is 1. The highest BCUT2D eigenvalue weighted by atomic mass is 19.4. The van der Waals surface area contributed by atoms with E-state index in [1.165, 1.54) is 12.0 Å². The number of aliphatic hydroxyl groups is 1. The number of hydrogen-bond donors (Lipinski definition) is 2. The summed E-state index contributed by atoms with van der Waals surface area (Å²) >= 11 is 0. The molecule has 5 rings (SSSR count). The largest absolute Gasteiger partial charge is 0.496 e. The zero-order chi connectivity index (χ0) is 29.9. The highest BCUT2D eigenvalue weighted by Crippen LogP contribution is 2.67. The van der Waals surface area contributed by atoms with Gasteiger partial charge in [0.05, 0.1) is 36.9 Å². The van der Waals surface area contributed by atoms with Crippen LogP contribution < -0.4 is 4.74 Å². The first-order valence-corrected chi connectivity index (χ1v) is 14.2. The summed E-state index contributed by atoms with van der Waals surface area (Å²) in [4.78, 5) is 27.1. The van der Waals surface area contributed by atoms with Crippen molar-refractivity contribution in [1.29, 1.82) is 0 Å². The van der Waals surface area contributed by atoms with Crippen LogP contribution in [0.3, 0.4) is 0 Å². The molecule has 0 radical (unpaired) electrons. The van der Waals surface area contributed by atoms with E-state index in [0.717, 1.165) is 10.9 Å². The maximum Gasteiger partial charge on any atom is 0.433 e. The number of alkyl halides is 3. The van der Waals surface area contributed by atoms with Gasteiger partial charge in [0.2, 0.25) is 0 Å². The van der Waals surface area contributed by atoms with E-state index in [-0.39, 0.29) is 43.7 Å². The summed E-state index contributed by atoms with van der Waals surface area (Å²) in [6.45, 7) is 5.75. The Balaban J connectivity index is 1.46. The van der Waals surface area contributed by atoms with Crippen LogP contribution in [0.4, 0.5) is 13.2 Å². The lowest BCUT2D eigenvalue weighted by molar-refractivity contribution is -0.152. The number of halogens is 3. The SMILES string of the molecule is COc1ccccc1[C@@H](O)CN(C(=O)c1cnn([C@H]2CC[C@](C)(C(=O)O)CC2)c1C(F)(F)F)[C@H]1C[C@@H]2[C@H](C1)C2(C)C. The van der Waals surface area contributed by atoms with Gasteiger partial charge in [0.25, 0.3) is 5.91 Å². The number of para-hydroxylation sites is 1. The Bertz CT molecular complexity index is 1300. The van der Waals surface area contributed by atoms with Crippen LogP contribution in [0, 0.1) is 22.7 Å². The lowest BCUT2D eigenvalue weighted by atomic mass is 9.74. The van der Waals surface area contributed by atoms with Crippen molar-refractivity contribution in [2.24, 2.45) is 22.7 Å². The minimum absolute atomic E-state index is 0.139. The number of carboxylic acid groups (broad SMARTS) is 1. The molecule has 3 saturated carbocycles. The Morgan fingerprint density at radius 3 is 2.32 bits per heavy atom. The Labute approximate surface area is 237 Å². The molecule has 1 amide bonds. The standard InChI is InChI=1S/C30H38F3N3O5/c1-28(2)21-13-18(14-22(21)28)35(16-23(37)19-7-5-6-8-24(19)41-4)26(38)20-15-34-36(25(20)30(31,32)33)17-9-11-29(3,12-10-17)27(39)40/h5-8,15,17-18,21-23,37H,9-14,16H2,1-4H3,(H,39,40)/t17-,18-,21+,22-,23-,29-/m0/s1. The molecule has 0 bridgehead atoms. The van der Waals surface area contributed by atoms with Crippen molar-refractivity contribution in [3.63, 3.8) is 0 Å². The number of hydrogen-bond acceptors (Lipinski definition) is 5. The monoisotopic (exact) mass is 577 g/mol. The Hall–Kier alpha value is -3.08. The molecule has 3 aliphatic rings. The smallest absolute Gasteiger partial charge is 0.433 e. The van der Waals surface area contributed by atoms with Crippen molar-refractivity contribution < 1.29 is 37.7 Å². The van der Waals surface area contributed by atoms with Gasteiger partial charge in [0, 0.05) is 11.6 Å². The molecule has 41 heavy (non-hydrogen) atoms. The van der Waals surface area contributed by atoms with E-state index < -0.39 is 46.9 Å². The van der Waals surface area contributed by atoms with Gasteiger partial charge in [0.1, 0.15) is 11.9 Å². The van der Waals surface area contributed by atoms with Gasteiger partial charge in [-0.05, 0) is 68.8 Å². The quantitative estimate of drug-likeness (QED) is 0.416. The molecule has 4 atom stereocenters. The number of rotatable bonds is 8. The number of benzene rings is 1. The van der Waals surface area contributed by atoms with E-state index in [4.69, 9.17) is 4.74 Å². The van der Waals surface area contributed by atoms with Crippen molar-refractivity contribution in [1.82, 2.24) is 14.7 Å². The van der Waals surface area contributed by atoms with Crippen LogP contribution in [0.2, 0.25) is 0 Å². The van der Waals surface area contributed by atoms with E-state index in [2.05, 4.69) is 18.9 Å². The number of ether oxygens (including phenoxy) is 1. The predicted octanol–water partition coefficient (Wildman–Crippen LogP) is 5.73. The molecule has 1 aromatic carbocycles. The number of aliphatic hydroxyl groups excluding tert-OH is 1. The number of aliphatic carboxylic acids is 1. The number of nitrogens with zero attached hydrogens (tertiary/aromatic N) is 3. The molecule has 0 saturated heterocycles. The van der Waals surface area contributed by atoms with Crippen LogP contribution in [0.15, 0.2) is 30.5 Å². The van der Waals surface area contributed by atoms with Crippen LogP contribution in [-0.4, -0.2) is 56.5 Å². The minimum atomic E-state index is -4.86. The zero-order valence-corrected chi connectivity index (χ0v) is 23.8. The Morgan fingerprint density at radius 1 is 1.15 bits per heavy atom. The molecule has 224 valence electrons. The topological polar surface area (TPSA) is 105 Å². The third kappa shape index (κ3) is 5.21. The molecule has 0 spiro atoms. The maximum atomic E-state index is 14.6. The number of fused-ring (bicyclic) bond motifs is 1. The predicted molar refractivity (Wildman–Crippen MR) is 143 cm³/mol. The number of amides is 1. The van der Waals surface area contributed by atoms with Crippen molar-refractivity contribution in [2.45, 2.75) is 83.7 Å². The summed E-state index contributed by atoms with van der Waals surface area (Å²) < 4.78 is 50.0. The lowest BCUT2D eigenvalue weighted by Gasteiger charge is -2.35. The molecular formula is C30H38F3N3O5. The second kappa shape index (κ2) is 10.3. The summed E-state index contributed by atoms with van der Waals surface area (Å²) in [5, 5.41) is 24.8. The molecular weight excluding hydrogens is 539 g/mol. The summed E-state index contributed by atoms with van der Waals surface area (Å²) in [6, 6.07) is 5.85. The van der Waals surface area contributed by atoms with E-state index in [9.17, 15) is 33.0 Å². The molecule has 1 aromatic heterocycles. The molecule has 2 N–H and O–H groups in total. The average Bonchev–Trinajstić information content (AvgIpc) is 3.35. The number of carbonyl (C=O) groups is 2. The number of carboxylic acids is 1. The summed E-state index contributed by atoms with van der Waals surface area (Å²) in [5.74, 6) is -0.598. The van der Waals surface area contributed by atoms with Crippen LogP contribution in [0.25, 0.3) is 0 Å². The second-order valence-electron chi connectivity index (χ2n) is 12.8. The van der Waals surface area contributed by atoms with Crippen molar-refractivity contribution >= 4 is 11.9 Å². The van der Waals surface area contributed by atoms with Crippen LogP contribution in [-0.2, 0) is 11.0 Å². The average molecular weight is 578 g/mol. The number of carbonyl (C=O) groups excluding carboxylic acids is 1. The third-order valence-electron chi connectivity index (χ3n) is 10.1. The fraction of sp³-hybridized carbons (Fsp3) is 0.633. The Morgan fingerprint density at radius 2 is 1.76 bits per heavy atom. The summed E-state index contributed by atoms with van der Waals surface area (Å²) in [5.41, 5.74) is -2.07. The van der Waals surface area contributed by atoms with E-state index in [1.807, 2.05) is 0 Å². The lowest BCUT2D eigenvalue weighted by Crippen LogP contribution is -2.43. The molecule has 11 heteroatoms. The first-order chi connectivity index (χ1) is 19.2. The van der Waals surface area contributed by atoms with Gasteiger partial charge in [-0.25, -0.2) is 0 Å². The highest BCUT2D eigenvalue weighted by molar-refractivity contribution is 5.95. The van der Waals surface area contributed by atoms with Crippen LogP contribution in [0.1, 0.15) is 93.1 Å². The second-order valence-corrected chi connectivity index (χ2v) is 12.8. The minimum Gasteiger partial charge on any atom is -0.496 e. The first-order valence-electron chi connectivity index (χ1n) is 14.2. The van der Waals surface area contributed by atoms with Gasteiger partial charge in [-0.15, -0.1) is 0 Å². The first kappa shape index (κ1) is 29.4. The molecule has 8 nitrogen and oxygen atoms in total. The van der Waals surface area contributed by atoms with Crippen molar-refractivity contribution in [3.8, 4) is 5.75 Å². The van der Waals surface area contributed by atoms with E-state index in [1.54, 1.807) is 31.2 Å². The summed E-state index contributed by atoms with van der Waals surface area (Å²) in [7, 11) is 1.47. The molecule has 0 unspecified atom stereocenters.